The van der Waals surface area contributed by atoms with Crippen LogP contribution < -0.4 is 0 Å². The Balaban J connectivity index is 2.14. The van der Waals surface area contributed by atoms with E-state index >= 15 is 0 Å². The third-order valence-electron chi connectivity index (χ3n) is 3.33. The molecular weight excluding hydrogens is 240 g/mol. The predicted octanol–water partition coefficient (Wildman–Crippen LogP) is 5.97. The molecule has 0 fully saturated rings. The smallest absolute Gasteiger partial charge is 0.0225 e. The molecule has 0 unspecified atom stereocenters. The van der Waals surface area contributed by atoms with E-state index in [1.807, 2.05) is 6.07 Å². The topological polar surface area (TPSA) is 0 Å². The van der Waals surface area contributed by atoms with E-state index in [9.17, 15) is 0 Å². The van der Waals surface area contributed by atoms with Crippen molar-refractivity contribution in [3.63, 3.8) is 0 Å². The van der Waals surface area contributed by atoms with Gasteiger partial charge in [-0.15, -0.1) is 0 Å². The highest BCUT2D eigenvalue weighted by Crippen LogP contribution is 2.20. The molecule has 0 aliphatic carbocycles. The van der Waals surface area contributed by atoms with Crippen molar-refractivity contribution in [1.82, 2.24) is 0 Å². The minimum atomic E-state index is 1.14. The molecule has 0 saturated carbocycles. The van der Waals surface area contributed by atoms with Crippen LogP contribution >= 0.6 is 0 Å². The molecule has 0 spiro atoms. The van der Waals surface area contributed by atoms with E-state index < -0.39 is 0 Å². The molecule has 0 aliphatic heterocycles. The fourth-order valence-electron chi connectivity index (χ4n) is 2.18. The Morgan fingerprint density at radius 2 is 1.55 bits per heavy atom. The number of allylic oxidation sites excluding steroid dienone is 3. The Labute approximate surface area is 122 Å². The molecule has 0 amide bonds. The summed E-state index contributed by atoms with van der Waals surface area (Å²) >= 11 is 0. The maximum atomic E-state index is 2.25. The van der Waals surface area contributed by atoms with Gasteiger partial charge in [0.2, 0.25) is 0 Å². The highest BCUT2D eigenvalue weighted by atomic mass is 14.0. The molecule has 0 aromatic heterocycles. The molecule has 20 heavy (non-hydrogen) atoms. The summed E-state index contributed by atoms with van der Waals surface area (Å²) < 4.78 is 0. The quantitative estimate of drug-likeness (QED) is 0.562. The number of unbranched alkanes of at least 4 members (excludes halogenated alkanes) is 1. The zero-order chi connectivity index (χ0) is 14.0. The standard InChI is InChI=1S/C20H22/c1-2-3-14-19(20-15-8-5-9-16-20)17-10-13-18-11-6-4-7-12-18/h4-13,15-17H,2-3,14H2,1H3. The normalized spacial score (nSPS) is 11.9. The first-order valence-electron chi connectivity index (χ1n) is 7.38. The lowest BCUT2D eigenvalue weighted by Gasteiger charge is -2.06. The zero-order valence-electron chi connectivity index (χ0n) is 12.1. The Hall–Kier alpha value is -2.08. The van der Waals surface area contributed by atoms with Crippen molar-refractivity contribution in [2.45, 2.75) is 26.2 Å². The van der Waals surface area contributed by atoms with Gasteiger partial charge in [0.1, 0.15) is 0 Å². The van der Waals surface area contributed by atoms with Gasteiger partial charge < -0.3 is 0 Å². The summed E-state index contributed by atoms with van der Waals surface area (Å²) in [5.41, 5.74) is 3.99. The first-order valence-corrected chi connectivity index (χ1v) is 7.38. The number of hydrogen-bond donors (Lipinski definition) is 0. The van der Waals surface area contributed by atoms with Gasteiger partial charge in [-0.05, 0) is 29.5 Å². The van der Waals surface area contributed by atoms with Crippen LogP contribution in [0.15, 0.2) is 72.8 Å². The summed E-state index contributed by atoms with van der Waals surface area (Å²) in [6.45, 7) is 2.24. The zero-order valence-corrected chi connectivity index (χ0v) is 12.1. The minimum absolute atomic E-state index is 1.14. The van der Waals surface area contributed by atoms with Crippen LogP contribution in [0.2, 0.25) is 0 Å². The van der Waals surface area contributed by atoms with Crippen LogP contribution in [0.5, 0.6) is 0 Å². The maximum Gasteiger partial charge on any atom is -0.0225 e. The Kier molecular flexibility index (Phi) is 5.85. The van der Waals surface area contributed by atoms with Crippen molar-refractivity contribution in [3.05, 3.63) is 83.9 Å². The summed E-state index contributed by atoms with van der Waals surface area (Å²) in [6.07, 6.45) is 10.2. The molecular formula is C20H22. The monoisotopic (exact) mass is 262 g/mol. The third-order valence-corrected chi connectivity index (χ3v) is 3.33. The van der Waals surface area contributed by atoms with E-state index in [1.54, 1.807) is 0 Å². The van der Waals surface area contributed by atoms with E-state index in [-0.39, 0.29) is 0 Å². The van der Waals surface area contributed by atoms with Crippen LogP contribution in [0, 0.1) is 0 Å². The van der Waals surface area contributed by atoms with Crippen LogP contribution in [-0.2, 0) is 0 Å². The van der Waals surface area contributed by atoms with E-state index in [0.29, 0.717) is 0 Å². The van der Waals surface area contributed by atoms with Crippen molar-refractivity contribution < 1.29 is 0 Å². The van der Waals surface area contributed by atoms with Gasteiger partial charge in [-0.2, -0.15) is 0 Å². The fraction of sp³-hybridized carbons (Fsp3) is 0.200. The molecule has 0 nitrogen and oxygen atoms in total. The molecule has 0 atom stereocenters. The summed E-state index contributed by atoms with van der Waals surface area (Å²) in [5.74, 6) is 0. The first-order chi connectivity index (χ1) is 9.90. The summed E-state index contributed by atoms with van der Waals surface area (Å²) in [5, 5.41) is 0. The molecule has 0 N–H and O–H groups in total. The molecule has 2 aromatic rings. The number of rotatable bonds is 6. The second kappa shape index (κ2) is 8.16. The average Bonchev–Trinajstić information content (AvgIpc) is 2.52. The second-order valence-electron chi connectivity index (χ2n) is 4.93. The van der Waals surface area contributed by atoms with Crippen molar-refractivity contribution in [2.75, 3.05) is 0 Å². The van der Waals surface area contributed by atoms with Gasteiger partial charge in [-0.3, -0.25) is 0 Å². The van der Waals surface area contributed by atoms with Gasteiger partial charge in [0.25, 0.3) is 0 Å². The number of hydrogen-bond acceptors (Lipinski definition) is 0. The van der Waals surface area contributed by atoms with Crippen molar-refractivity contribution in [2.24, 2.45) is 0 Å². The Morgan fingerprint density at radius 1 is 0.900 bits per heavy atom. The van der Waals surface area contributed by atoms with Crippen LogP contribution in [0.25, 0.3) is 11.6 Å². The van der Waals surface area contributed by atoms with Crippen molar-refractivity contribution in [1.29, 1.82) is 0 Å². The highest BCUT2D eigenvalue weighted by molar-refractivity contribution is 5.68. The van der Waals surface area contributed by atoms with Gasteiger partial charge in [0, 0.05) is 0 Å². The van der Waals surface area contributed by atoms with E-state index in [4.69, 9.17) is 0 Å². The Bertz CT molecular complexity index is 547. The minimum Gasteiger partial charge on any atom is -0.0654 e. The lowest BCUT2D eigenvalue weighted by atomic mass is 10.00. The maximum absolute atomic E-state index is 2.25. The van der Waals surface area contributed by atoms with E-state index in [2.05, 4.69) is 79.7 Å². The van der Waals surface area contributed by atoms with Gasteiger partial charge in [-0.25, -0.2) is 0 Å². The average molecular weight is 262 g/mol. The lowest BCUT2D eigenvalue weighted by molar-refractivity contribution is 0.824. The van der Waals surface area contributed by atoms with E-state index in [1.165, 1.54) is 29.5 Å². The molecule has 0 saturated heterocycles. The van der Waals surface area contributed by atoms with Crippen molar-refractivity contribution in [3.8, 4) is 0 Å². The summed E-state index contributed by atoms with van der Waals surface area (Å²) in [4.78, 5) is 0. The largest absolute Gasteiger partial charge is 0.0654 e. The van der Waals surface area contributed by atoms with Crippen LogP contribution in [0.1, 0.15) is 37.3 Å². The summed E-state index contributed by atoms with van der Waals surface area (Å²) in [6, 6.07) is 21.1. The SMILES string of the molecule is CCCCC(=CC=Cc1ccccc1)c1ccccc1. The summed E-state index contributed by atoms with van der Waals surface area (Å²) in [7, 11) is 0. The van der Waals surface area contributed by atoms with Gasteiger partial charge >= 0.3 is 0 Å². The fourth-order valence-corrected chi connectivity index (χ4v) is 2.18. The molecule has 0 bridgehead atoms. The van der Waals surface area contributed by atoms with Gasteiger partial charge in [-0.1, -0.05) is 92.2 Å². The van der Waals surface area contributed by atoms with Crippen LogP contribution in [-0.4, -0.2) is 0 Å². The number of benzene rings is 2. The van der Waals surface area contributed by atoms with Gasteiger partial charge in [0.05, 0.1) is 0 Å². The van der Waals surface area contributed by atoms with E-state index in [0.717, 1.165) is 6.42 Å². The lowest BCUT2D eigenvalue weighted by Crippen LogP contribution is -1.84. The van der Waals surface area contributed by atoms with Crippen LogP contribution in [0.4, 0.5) is 0 Å². The van der Waals surface area contributed by atoms with Crippen molar-refractivity contribution >= 4 is 11.6 Å². The highest BCUT2D eigenvalue weighted by Gasteiger charge is 1.99. The first kappa shape index (κ1) is 14.3. The Morgan fingerprint density at radius 3 is 2.20 bits per heavy atom. The third kappa shape index (κ3) is 4.55. The molecule has 0 heterocycles. The molecule has 2 aromatic carbocycles. The predicted molar refractivity (Wildman–Crippen MR) is 89.4 cm³/mol. The molecule has 0 heteroatoms. The molecule has 102 valence electrons. The molecule has 0 aliphatic rings. The molecule has 0 radical (unpaired) electrons. The second-order valence-corrected chi connectivity index (χ2v) is 4.93. The van der Waals surface area contributed by atoms with Crippen LogP contribution in [0.3, 0.4) is 0 Å². The van der Waals surface area contributed by atoms with Gasteiger partial charge in [0.15, 0.2) is 0 Å². The molecule has 2 rings (SSSR count).